The van der Waals surface area contributed by atoms with E-state index in [0.717, 1.165) is 11.3 Å². The number of primary amides is 1. The fraction of sp³-hybridized carbons (Fsp3) is 0.154. The summed E-state index contributed by atoms with van der Waals surface area (Å²) >= 11 is 5.72. The molecule has 0 atom stereocenters. The van der Waals surface area contributed by atoms with Crippen molar-refractivity contribution in [3.63, 3.8) is 0 Å². The van der Waals surface area contributed by atoms with Crippen molar-refractivity contribution < 1.29 is 9.53 Å². The molecule has 0 bridgehead atoms. The zero-order valence-corrected chi connectivity index (χ0v) is 11.5. The minimum atomic E-state index is -0.621. The highest BCUT2D eigenvalue weighted by Gasteiger charge is 2.12. The minimum Gasteiger partial charge on any atom is -0.496 e. The van der Waals surface area contributed by atoms with Gasteiger partial charge in [0.1, 0.15) is 11.6 Å². The third-order valence-corrected chi connectivity index (χ3v) is 2.85. The average molecular weight is 293 g/mol. The number of carbonyl (C=O) groups is 1. The fourth-order valence-electron chi connectivity index (χ4n) is 1.70. The molecule has 20 heavy (non-hydrogen) atoms. The fourth-order valence-corrected chi connectivity index (χ4v) is 1.84. The van der Waals surface area contributed by atoms with E-state index in [1.165, 1.54) is 6.20 Å². The topological polar surface area (TPSA) is 90.1 Å². The van der Waals surface area contributed by atoms with E-state index in [-0.39, 0.29) is 10.8 Å². The van der Waals surface area contributed by atoms with E-state index in [0.29, 0.717) is 12.4 Å². The summed E-state index contributed by atoms with van der Waals surface area (Å²) < 4.78 is 5.24. The molecular formula is C13H13ClN4O2. The Morgan fingerprint density at radius 1 is 1.45 bits per heavy atom. The van der Waals surface area contributed by atoms with Crippen molar-refractivity contribution in [2.24, 2.45) is 5.73 Å². The van der Waals surface area contributed by atoms with E-state index in [2.05, 4.69) is 15.3 Å². The van der Waals surface area contributed by atoms with E-state index in [1.807, 2.05) is 24.3 Å². The number of nitrogens with one attached hydrogen (secondary N) is 1. The summed E-state index contributed by atoms with van der Waals surface area (Å²) in [7, 11) is 1.59. The summed E-state index contributed by atoms with van der Waals surface area (Å²) in [5, 5.41) is 3.05. The molecule has 1 aromatic heterocycles. The van der Waals surface area contributed by atoms with Crippen LogP contribution in [0.15, 0.2) is 30.5 Å². The quantitative estimate of drug-likeness (QED) is 0.821. The smallest absolute Gasteiger partial charge is 0.254 e. The third-order valence-electron chi connectivity index (χ3n) is 2.66. The van der Waals surface area contributed by atoms with Crippen LogP contribution >= 0.6 is 11.6 Å². The number of methoxy groups -OCH3 is 1. The van der Waals surface area contributed by atoms with Crippen molar-refractivity contribution >= 4 is 23.3 Å². The SMILES string of the molecule is COc1ccccc1CNc1nc(Cl)ncc1C(N)=O. The first-order valence-corrected chi connectivity index (χ1v) is 6.17. The first-order chi connectivity index (χ1) is 9.61. The van der Waals surface area contributed by atoms with Gasteiger partial charge in [0.2, 0.25) is 5.28 Å². The van der Waals surface area contributed by atoms with Gasteiger partial charge in [-0.3, -0.25) is 4.79 Å². The molecular weight excluding hydrogens is 280 g/mol. The Morgan fingerprint density at radius 3 is 2.90 bits per heavy atom. The number of nitrogens with two attached hydrogens (primary N) is 1. The Balaban J connectivity index is 2.22. The van der Waals surface area contributed by atoms with E-state index in [9.17, 15) is 4.79 Å². The van der Waals surface area contributed by atoms with E-state index in [4.69, 9.17) is 22.1 Å². The van der Waals surface area contributed by atoms with Crippen LogP contribution in [0, 0.1) is 0 Å². The second kappa shape index (κ2) is 6.21. The summed E-state index contributed by atoms with van der Waals surface area (Å²) in [6.45, 7) is 0.414. The van der Waals surface area contributed by atoms with Crippen molar-refractivity contribution in [2.75, 3.05) is 12.4 Å². The molecule has 0 fully saturated rings. The molecule has 1 amide bonds. The summed E-state index contributed by atoms with van der Waals surface area (Å²) in [4.78, 5) is 19.0. The minimum absolute atomic E-state index is 0.0394. The average Bonchev–Trinajstić information content (AvgIpc) is 2.45. The maximum absolute atomic E-state index is 11.3. The number of halogens is 1. The maximum atomic E-state index is 11.3. The number of amides is 1. The molecule has 104 valence electrons. The lowest BCUT2D eigenvalue weighted by Crippen LogP contribution is -2.16. The zero-order valence-electron chi connectivity index (χ0n) is 10.8. The molecule has 2 aromatic rings. The van der Waals surface area contributed by atoms with Crippen LogP contribution in [0.2, 0.25) is 5.28 Å². The predicted molar refractivity (Wildman–Crippen MR) is 75.9 cm³/mol. The number of benzene rings is 1. The van der Waals surface area contributed by atoms with Crippen LogP contribution in [-0.2, 0) is 6.54 Å². The molecule has 0 aliphatic rings. The van der Waals surface area contributed by atoms with E-state index < -0.39 is 5.91 Å². The Bertz CT molecular complexity index is 634. The molecule has 0 aliphatic carbocycles. The molecule has 7 heteroatoms. The van der Waals surface area contributed by atoms with Crippen molar-refractivity contribution in [3.05, 3.63) is 46.9 Å². The van der Waals surface area contributed by atoms with Gasteiger partial charge in [0.25, 0.3) is 5.91 Å². The summed E-state index contributed by atoms with van der Waals surface area (Å²) in [5.74, 6) is 0.411. The van der Waals surface area contributed by atoms with Crippen LogP contribution in [-0.4, -0.2) is 23.0 Å². The lowest BCUT2D eigenvalue weighted by atomic mass is 10.2. The highest BCUT2D eigenvalue weighted by Crippen LogP contribution is 2.20. The van der Waals surface area contributed by atoms with Crippen molar-refractivity contribution in [2.45, 2.75) is 6.54 Å². The third kappa shape index (κ3) is 3.16. The molecule has 0 radical (unpaired) electrons. The number of carbonyl (C=O) groups excluding carboxylic acids is 1. The van der Waals surface area contributed by atoms with Crippen LogP contribution in [0.25, 0.3) is 0 Å². The second-order valence-electron chi connectivity index (χ2n) is 3.93. The number of aromatic nitrogens is 2. The van der Waals surface area contributed by atoms with Gasteiger partial charge < -0.3 is 15.8 Å². The number of ether oxygens (including phenoxy) is 1. The molecule has 0 spiro atoms. The number of rotatable bonds is 5. The standard InChI is InChI=1S/C13H13ClN4O2/c1-20-10-5-3-2-4-8(10)6-16-12-9(11(15)19)7-17-13(14)18-12/h2-5,7H,6H2,1H3,(H2,15,19)(H,16,17,18). The first kappa shape index (κ1) is 14.1. The lowest BCUT2D eigenvalue weighted by molar-refractivity contribution is 0.100. The van der Waals surface area contributed by atoms with Crippen LogP contribution in [0.3, 0.4) is 0 Å². The maximum Gasteiger partial charge on any atom is 0.254 e. The summed E-state index contributed by atoms with van der Waals surface area (Å²) in [5.41, 5.74) is 6.36. The molecule has 0 aliphatic heterocycles. The van der Waals surface area contributed by atoms with Crippen molar-refractivity contribution in [1.29, 1.82) is 0 Å². The molecule has 3 N–H and O–H groups in total. The van der Waals surface area contributed by atoms with Crippen LogP contribution in [0.5, 0.6) is 5.75 Å². The van der Waals surface area contributed by atoms with Gasteiger partial charge in [0.15, 0.2) is 0 Å². The Kier molecular flexibility index (Phi) is 4.37. The highest BCUT2D eigenvalue weighted by molar-refractivity contribution is 6.28. The number of hydrogen-bond donors (Lipinski definition) is 2. The number of para-hydroxylation sites is 1. The molecule has 2 rings (SSSR count). The molecule has 0 unspecified atom stereocenters. The summed E-state index contributed by atoms with van der Waals surface area (Å²) in [6, 6.07) is 7.51. The first-order valence-electron chi connectivity index (χ1n) is 5.80. The van der Waals surface area contributed by atoms with Crippen LogP contribution in [0.4, 0.5) is 5.82 Å². The highest BCUT2D eigenvalue weighted by atomic mass is 35.5. The number of nitrogens with zero attached hydrogens (tertiary/aromatic N) is 2. The van der Waals surface area contributed by atoms with E-state index >= 15 is 0 Å². The van der Waals surface area contributed by atoms with Gasteiger partial charge >= 0.3 is 0 Å². The van der Waals surface area contributed by atoms with Gasteiger partial charge in [-0.15, -0.1) is 0 Å². The monoisotopic (exact) mass is 292 g/mol. The van der Waals surface area contributed by atoms with Gasteiger partial charge in [-0.05, 0) is 17.7 Å². The van der Waals surface area contributed by atoms with Gasteiger partial charge in [0.05, 0.1) is 12.7 Å². The largest absolute Gasteiger partial charge is 0.496 e. The lowest BCUT2D eigenvalue weighted by Gasteiger charge is -2.11. The zero-order chi connectivity index (χ0) is 14.5. The molecule has 1 aromatic carbocycles. The van der Waals surface area contributed by atoms with Gasteiger partial charge in [-0.2, -0.15) is 4.98 Å². The van der Waals surface area contributed by atoms with Crippen molar-refractivity contribution in [3.8, 4) is 5.75 Å². The normalized spacial score (nSPS) is 10.1. The predicted octanol–water partition coefficient (Wildman–Crippen LogP) is 1.85. The molecule has 1 heterocycles. The van der Waals surface area contributed by atoms with Crippen LogP contribution in [0.1, 0.15) is 15.9 Å². The van der Waals surface area contributed by atoms with E-state index in [1.54, 1.807) is 7.11 Å². The van der Waals surface area contributed by atoms with Gasteiger partial charge in [-0.25, -0.2) is 4.98 Å². The Labute approximate surface area is 120 Å². The van der Waals surface area contributed by atoms with Crippen molar-refractivity contribution in [1.82, 2.24) is 9.97 Å². The molecule has 6 nitrogen and oxygen atoms in total. The second-order valence-corrected chi connectivity index (χ2v) is 4.27. The van der Waals surface area contributed by atoms with Gasteiger partial charge in [-0.1, -0.05) is 18.2 Å². The summed E-state index contributed by atoms with van der Waals surface area (Å²) in [6.07, 6.45) is 1.29. The van der Waals surface area contributed by atoms with Gasteiger partial charge in [0, 0.05) is 18.3 Å². The molecule has 0 saturated carbocycles. The van der Waals surface area contributed by atoms with Crippen LogP contribution < -0.4 is 15.8 Å². The molecule has 0 saturated heterocycles. The Morgan fingerprint density at radius 2 is 2.20 bits per heavy atom. The number of hydrogen-bond acceptors (Lipinski definition) is 5. The Hall–Kier alpha value is -2.34. The number of anilines is 1.